The number of phenolic OH excluding ortho intramolecular Hbond substituents is 1. The summed E-state index contributed by atoms with van der Waals surface area (Å²) in [7, 11) is 2.10. The van der Waals surface area contributed by atoms with E-state index in [1.807, 2.05) is 18.2 Å². The van der Waals surface area contributed by atoms with Crippen LogP contribution in [0.5, 0.6) is 11.8 Å². The summed E-state index contributed by atoms with van der Waals surface area (Å²) in [4.78, 5) is 15.1. The van der Waals surface area contributed by atoms with Gasteiger partial charge in [-0.1, -0.05) is 76.8 Å². The van der Waals surface area contributed by atoms with Gasteiger partial charge in [-0.05, 0) is 41.9 Å². The predicted molar refractivity (Wildman–Crippen MR) is 150 cm³/mol. The molecule has 5 rings (SSSR count). The van der Waals surface area contributed by atoms with Gasteiger partial charge in [0, 0.05) is 36.6 Å². The van der Waals surface area contributed by atoms with Gasteiger partial charge in [0.05, 0.1) is 16.2 Å². The second kappa shape index (κ2) is 12.2. The summed E-state index contributed by atoms with van der Waals surface area (Å²) < 4.78 is 5.69. The first kappa shape index (κ1) is 26.5. The Morgan fingerprint density at radius 1 is 0.769 bits per heavy atom. The number of phenols is 1. The van der Waals surface area contributed by atoms with Gasteiger partial charge in [0.25, 0.3) is 0 Å². The Hall–Kier alpha value is -4.11. The number of rotatable bonds is 9. The van der Waals surface area contributed by atoms with Gasteiger partial charge in [0.15, 0.2) is 11.6 Å². The Kier molecular flexibility index (Phi) is 8.27. The van der Waals surface area contributed by atoms with Gasteiger partial charge in [0.1, 0.15) is 12.3 Å². The molecule has 0 unspecified atom stereocenters. The molecule has 2 heterocycles. The van der Waals surface area contributed by atoms with Gasteiger partial charge in [-0.2, -0.15) is 0 Å². The molecule has 8 nitrogen and oxygen atoms in total. The fourth-order valence-corrected chi connectivity index (χ4v) is 4.44. The number of ether oxygens (including phenoxy) is 1. The van der Waals surface area contributed by atoms with Crippen molar-refractivity contribution in [3.05, 3.63) is 112 Å². The lowest BCUT2D eigenvalue weighted by Gasteiger charge is -2.17. The highest BCUT2D eigenvalue weighted by Crippen LogP contribution is 2.35. The smallest absolute Gasteiger partial charge is 0.336 e. The van der Waals surface area contributed by atoms with Crippen LogP contribution in [0.1, 0.15) is 16.7 Å². The molecule has 5 aromatic rings. The summed E-state index contributed by atoms with van der Waals surface area (Å²) in [6.07, 6.45) is 5.01. The molecule has 0 atom stereocenters. The summed E-state index contributed by atoms with van der Waals surface area (Å²) in [5.41, 5.74) is 5.46. The van der Waals surface area contributed by atoms with Crippen LogP contribution in [0.25, 0.3) is 22.6 Å². The molecule has 0 fully saturated rings. The van der Waals surface area contributed by atoms with E-state index in [0.29, 0.717) is 17.9 Å². The minimum absolute atomic E-state index is 0.127. The largest absolute Gasteiger partial charge is 0.505 e. The van der Waals surface area contributed by atoms with Crippen molar-refractivity contribution in [1.82, 2.24) is 30.0 Å². The fourth-order valence-electron chi connectivity index (χ4n) is 3.95. The van der Waals surface area contributed by atoms with Crippen LogP contribution in [-0.4, -0.2) is 42.2 Å². The minimum atomic E-state index is -0.176. The highest BCUT2D eigenvalue weighted by molar-refractivity contribution is 6.37. The van der Waals surface area contributed by atoms with Crippen LogP contribution < -0.4 is 4.74 Å². The second-order valence-corrected chi connectivity index (χ2v) is 9.78. The van der Waals surface area contributed by atoms with E-state index < -0.39 is 0 Å². The Morgan fingerprint density at radius 2 is 1.36 bits per heavy atom. The molecule has 39 heavy (non-hydrogen) atoms. The van der Waals surface area contributed by atoms with Crippen molar-refractivity contribution in [1.29, 1.82) is 0 Å². The lowest BCUT2D eigenvalue weighted by Crippen LogP contribution is -2.17. The first-order chi connectivity index (χ1) is 18.9. The van der Waals surface area contributed by atoms with Crippen molar-refractivity contribution < 1.29 is 9.84 Å². The Labute approximate surface area is 235 Å². The van der Waals surface area contributed by atoms with Crippen LogP contribution in [0.2, 0.25) is 10.0 Å². The first-order valence-electron chi connectivity index (χ1n) is 12.1. The Balaban J connectivity index is 1.12. The molecule has 0 spiro atoms. The Bertz CT molecular complexity index is 1510. The number of halogens is 2. The van der Waals surface area contributed by atoms with Crippen LogP contribution in [0.3, 0.4) is 0 Å². The van der Waals surface area contributed by atoms with Crippen molar-refractivity contribution in [2.45, 2.75) is 19.7 Å². The van der Waals surface area contributed by atoms with Crippen LogP contribution in [0.4, 0.5) is 0 Å². The molecule has 0 aliphatic rings. The summed E-state index contributed by atoms with van der Waals surface area (Å²) in [5, 5.41) is 18.1. The lowest BCUT2D eigenvalue weighted by molar-refractivity contribution is 0.276. The molecule has 196 valence electrons. The number of hydrogen-bond donors (Lipinski definition) is 1. The third-order valence-electron chi connectivity index (χ3n) is 5.93. The van der Waals surface area contributed by atoms with E-state index >= 15 is 0 Å². The van der Waals surface area contributed by atoms with Crippen molar-refractivity contribution in [2.75, 3.05) is 7.05 Å². The van der Waals surface area contributed by atoms with Gasteiger partial charge in [-0.3, -0.25) is 4.90 Å². The van der Waals surface area contributed by atoms with Gasteiger partial charge in [0.2, 0.25) is 0 Å². The average molecular weight is 559 g/mol. The molecular formula is C29H24Cl2N6O2. The number of aromatic hydroxyl groups is 1. The highest BCUT2D eigenvalue weighted by atomic mass is 35.5. The summed E-state index contributed by atoms with van der Waals surface area (Å²) in [6, 6.07) is 21.6. The zero-order chi connectivity index (χ0) is 27.2. The molecule has 0 radical (unpaired) electrons. The predicted octanol–water partition coefficient (Wildman–Crippen LogP) is 6.22. The van der Waals surface area contributed by atoms with Crippen molar-refractivity contribution in [2.24, 2.45) is 0 Å². The number of benzene rings is 3. The molecule has 0 saturated carbocycles. The zero-order valence-electron chi connectivity index (χ0n) is 21.0. The molecule has 0 amide bonds. The Morgan fingerprint density at radius 3 is 1.95 bits per heavy atom. The second-order valence-electron chi connectivity index (χ2n) is 8.96. The van der Waals surface area contributed by atoms with Crippen LogP contribution in [0, 0.1) is 0 Å². The normalized spacial score (nSPS) is 11.1. The molecule has 0 aliphatic carbocycles. The fraction of sp³-hybridized carbons (Fsp3) is 0.138. The molecule has 0 aliphatic heterocycles. The molecule has 0 bridgehead atoms. The third-order valence-corrected chi connectivity index (χ3v) is 6.50. The summed E-state index contributed by atoms with van der Waals surface area (Å²) in [6.45, 7) is 1.94. The SMILES string of the molecule is CN(Cc1ccc(COc2ncc(-c3cc(Cl)c(O)c(Cl)c3)nn2)cc1)Cc1ccc(-c2ncccn2)cc1. The molecule has 0 saturated heterocycles. The van der Waals surface area contributed by atoms with Gasteiger partial charge in [-0.15, -0.1) is 5.10 Å². The topological polar surface area (TPSA) is 97.2 Å². The molecule has 10 heteroatoms. The lowest BCUT2D eigenvalue weighted by atomic mass is 10.1. The molecule has 3 aromatic carbocycles. The number of nitrogens with zero attached hydrogens (tertiary/aromatic N) is 6. The average Bonchev–Trinajstić information content (AvgIpc) is 2.96. The molecule has 2 aromatic heterocycles. The van der Waals surface area contributed by atoms with Gasteiger partial charge in [-0.25, -0.2) is 15.0 Å². The van der Waals surface area contributed by atoms with E-state index in [2.05, 4.69) is 73.5 Å². The van der Waals surface area contributed by atoms with Crippen molar-refractivity contribution in [3.8, 4) is 34.4 Å². The van der Waals surface area contributed by atoms with Crippen molar-refractivity contribution >= 4 is 23.2 Å². The third kappa shape index (κ3) is 6.86. The quantitative estimate of drug-likeness (QED) is 0.227. The zero-order valence-corrected chi connectivity index (χ0v) is 22.5. The van der Waals surface area contributed by atoms with E-state index in [4.69, 9.17) is 27.9 Å². The van der Waals surface area contributed by atoms with Crippen LogP contribution in [0.15, 0.2) is 85.3 Å². The molecule has 1 N–H and O–H groups in total. The van der Waals surface area contributed by atoms with E-state index in [9.17, 15) is 5.11 Å². The minimum Gasteiger partial charge on any atom is -0.505 e. The van der Waals surface area contributed by atoms with E-state index in [-0.39, 0.29) is 21.8 Å². The maximum absolute atomic E-state index is 9.72. The highest BCUT2D eigenvalue weighted by Gasteiger charge is 2.11. The standard InChI is InChI=1S/C29H24Cl2N6O2/c1-37(17-20-7-9-22(10-8-20)28-32-11-2-12-33-28)16-19-3-5-21(6-4-19)18-39-29-34-15-26(35-36-29)23-13-24(30)27(38)25(31)14-23/h2-15,38H,16-18H2,1H3. The first-order valence-corrected chi connectivity index (χ1v) is 12.8. The van der Waals surface area contributed by atoms with E-state index in [0.717, 1.165) is 30.0 Å². The maximum atomic E-state index is 9.72. The van der Waals surface area contributed by atoms with E-state index in [1.165, 1.54) is 17.3 Å². The number of aromatic nitrogens is 5. The summed E-state index contributed by atoms with van der Waals surface area (Å²) in [5.74, 6) is 0.552. The monoisotopic (exact) mass is 558 g/mol. The van der Waals surface area contributed by atoms with Crippen LogP contribution >= 0.6 is 23.2 Å². The maximum Gasteiger partial charge on any atom is 0.336 e. The van der Waals surface area contributed by atoms with E-state index in [1.54, 1.807) is 24.5 Å². The van der Waals surface area contributed by atoms with Crippen molar-refractivity contribution in [3.63, 3.8) is 0 Å². The summed E-state index contributed by atoms with van der Waals surface area (Å²) >= 11 is 12.0. The number of hydrogen-bond acceptors (Lipinski definition) is 8. The molecular weight excluding hydrogens is 535 g/mol. The van der Waals surface area contributed by atoms with Gasteiger partial charge < -0.3 is 9.84 Å². The van der Waals surface area contributed by atoms with Crippen LogP contribution in [-0.2, 0) is 19.7 Å². The van der Waals surface area contributed by atoms with Gasteiger partial charge >= 0.3 is 6.01 Å².